The van der Waals surface area contributed by atoms with E-state index in [1.54, 1.807) is 6.92 Å². The van der Waals surface area contributed by atoms with E-state index >= 15 is 0 Å². The average Bonchev–Trinajstić information content (AvgIpc) is 2.55. The van der Waals surface area contributed by atoms with Crippen LogP contribution in [-0.2, 0) is 10.0 Å². The molecule has 0 heterocycles. The first kappa shape index (κ1) is 17.6. The molecule has 2 rings (SSSR count). The molecule has 0 unspecified atom stereocenters. The maximum atomic E-state index is 12.4. The molecule has 0 spiro atoms. The van der Waals surface area contributed by atoms with Gasteiger partial charge in [0.2, 0.25) is 10.0 Å². The topological polar surface area (TPSA) is 118 Å². The van der Waals surface area contributed by atoms with Crippen LogP contribution < -0.4 is 10.0 Å². The van der Waals surface area contributed by atoms with Crippen LogP contribution in [0.5, 0.6) is 0 Å². The SMILES string of the molecule is CNS(=O)(=O)c1ccc(C)c(C(=O)Nc2cccc([N+](=O)[O-])c2)c1. The summed E-state index contributed by atoms with van der Waals surface area (Å²) in [6.07, 6.45) is 0. The van der Waals surface area contributed by atoms with E-state index in [0.29, 0.717) is 5.56 Å². The van der Waals surface area contributed by atoms with Crippen molar-refractivity contribution in [2.45, 2.75) is 11.8 Å². The van der Waals surface area contributed by atoms with Crippen LogP contribution in [0.2, 0.25) is 0 Å². The van der Waals surface area contributed by atoms with Gasteiger partial charge in [0.25, 0.3) is 11.6 Å². The number of benzene rings is 2. The first-order valence-corrected chi connectivity index (χ1v) is 8.33. The molecule has 0 aromatic heterocycles. The Hall–Kier alpha value is -2.78. The number of nitro groups is 1. The third-order valence-electron chi connectivity index (χ3n) is 3.35. The van der Waals surface area contributed by atoms with Crippen molar-refractivity contribution in [1.82, 2.24) is 4.72 Å². The van der Waals surface area contributed by atoms with Gasteiger partial charge in [-0.1, -0.05) is 12.1 Å². The molecule has 0 fully saturated rings. The molecule has 0 saturated carbocycles. The first-order valence-electron chi connectivity index (χ1n) is 6.84. The lowest BCUT2D eigenvalue weighted by Gasteiger charge is -2.10. The van der Waals surface area contributed by atoms with Gasteiger partial charge in [-0.2, -0.15) is 0 Å². The van der Waals surface area contributed by atoms with E-state index in [1.165, 1.54) is 49.5 Å². The Kier molecular flexibility index (Phi) is 4.96. The van der Waals surface area contributed by atoms with E-state index in [1.807, 2.05) is 0 Å². The summed E-state index contributed by atoms with van der Waals surface area (Å²) in [5.74, 6) is -0.554. The Labute approximate surface area is 138 Å². The molecule has 9 heteroatoms. The third kappa shape index (κ3) is 3.76. The van der Waals surface area contributed by atoms with E-state index in [2.05, 4.69) is 10.0 Å². The summed E-state index contributed by atoms with van der Waals surface area (Å²) in [5, 5.41) is 13.3. The van der Waals surface area contributed by atoms with Crippen molar-refractivity contribution in [3.63, 3.8) is 0 Å². The van der Waals surface area contributed by atoms with Crippen LogP contribution in [0, 0.1) is 17.0 Å². The molecule has 24 heavy (non-hydrogen) atoms. The second-order valence-electron chi connectivity index (χ2n) is 4.95. The zero-order chi connectivity index (χ0) is 17.9. The van der Waals surface area contributed by atoms with Gasteiger partial charge in [0.15, 0.2) is 0 Å². The minimum atomic E-state index is -3.68. The van der Waals surface area contributed by atoms with Gasteiger partial charge in [-0.05, 0) is 37.7 Å². The molecule has 126 valence electrons. The molecule has 0 radical (unpaired) electrons. The van der Waals surface area contributed by atoms with Gasteiger partial charge >= 0.3 is 0 Å². The minimum Gasteiger partial charge on any atom is -0.322 e. The number of hydrogen-bond donors (Lipinski definition) is 2. The quantitative estimate of drug-likeness (QED) is 0.633. The first-order chi connectivity index (χ1) is 11.2. The van der Waals surface area contributed by atoms with Crippen molar-refractivity contribution >= 4 is 27.3 Å². The van der Waals surface area contributed by atoms with Gasteiger partial charge in [0.05, 0.1) is 9.82 Å². The van der Waals surface area contributed by atoms with Crippen LogP contribution in [-0.4, -0.2) is 26.3 Å². The predicted octanol–water partition coefficient (Wildman–Crippen LogP) is 2.06. The zero-order valence-electron chi connectivity index (χ0n) is 12.9. The van der Waals surface area contributed by atoms with Crippen LogP contribution in [0.4, 0.5) is 11.4 Å². The molecule has 0 aliphatic rings. The summed E-state index contributed by atoms with van der Waals surface area (Å²) in [5.41, 5.74) is 0.831. The third-order valence-corrected chi connectivity index (χ3v) is 4.76. The van der Waals surface area contributed by atoms with E-state index in [9.17, 15) is 23.3 Å². The fourth-order valence-electron chi connectivity index (χ4n) is 2.03. The Morgan fingerprint density at radius 3 is 2.50 bits per heavy atom. The molecule has 0 atom stereocenters. The van der Waals surface area contributed by atoms with Gasteiger partial charge in [-0.15, -0.1) is 0 Å². The Bertz CT molecular complexity index is 909. The molecule has 2 aromatic rings. The molecular formula is C15H15N3O5S. The largest absolute Gasteiger partial charge is 0.322 e. The van der Waals surface area contributed by atoms with Crippen LogP contribution >= 0.6 is 0 Å². The summed E-state index contributed by atoms with van der Waals surface area (Å²) >= 11 is 0. The monoisotopic (exact) mass is 349 g/mol. The molecule has 0 bridgehead atoms. The number of rotatable bonds is 5. The fourth-order valence-corrected chi connectivity index (χ4v) is 2.78. The molecular weight excluding hydrogens is 334 g/mol. The van der Waals surface area contributed by atoms with Crippen molar-refractivity contribution in [3.8, 4) is 0 Å². The number of nitrogens with one attached hydrogen (secondary N) is 2. The number of nitro benzene ring substituents is 1. The maximum absolute atomic E-state index is 12.4. The van der Waals surface area contributed by atoms with Crippen molar-refractivity contribution in [1.29, 1.82) is 0 Å². The number of carbonyl (C=O) groups excluding carboxylic acids is 1. The second-order valence-corrected chi connectivity index (χ2v) is 6.83. The lowest BCUT2D eigenvalue weighted by Crippen LogP contribution is -2.20. The van der Waals surface area contributed by atoms with Crippen LogP contribution in [0.1, 0.15) is 15.9 Å². The Balaban J connectivity index is 2.35. The molecule has 8 nitrogen and oxygen atoms in total. The lowest BCUT2D eigenvalue weighted by molar-refractivity contribution is -0.384. The summed E-state index contributed by atoms with van der Waals surface area (Å²) in [7, 11) is -2.41. The molecule has 1 amide bonds. The Morgan fingerprint density at radius 1 is 1.17 bits per heavy atom. The number of aryl methyl sites for hydroxylation is 1. The van der Waals surface area contributed by atoms with E-state index in [4.69, 9.17) is 0 Å². The van der Waals surface area contributed by atoms with Crippen LogP contribution in [0.3, 0.4) is 0 Å². The van der Waals surface area contributed by atoms with Gasteiger partial charge in [-0.3, -0.25) is 14.9 Å². The summed E-state index contributed by atoms with van der Waals surface area (Å²) < 4.78 is 25.9. The standard InChI is InChI=1S/C15H15N3O5S/c1-10-6-7-13(24(22,23)16-2)9-14(10)15(19)17-11-4-3-5-12(8-11)18(20)21/h3-9,16H,1-2H3,(H,17,19). The highest BCUT2D eigenvalue weighted by Gasteiger charge is 2.17. The number of non-ortho nitro benzene ring substituents is 1. The summed E-state index contributed by atoms with van der Waals surface area (Å²) in [6, 6.07) is 9.66. The number of sulfonamides is 1. The van der Waals surface area contributed by atoms with Crippen molar-refractivity contribution in [2.75, 3.05) is 12.4 Å². The lowest BCUT2D eigenvalue weighted by atomic mass is 10.1. The Morgan fingerprint density at radius 2 is 1.88 bits per heavy atom. The molecule has 0 saturated heterocycles. The smallest absolute Gasteiger partial charge is 0.271 e. The van der Waals surface area contributed by atoms with Crippen molar-refractivity contribution in [2.24, 2.45) is 0 Å². The van der Waals surface area contributed by atoms with E-state index < -0.39 is 20.9 Å². The molecule has 2 aromatic carbocycles. The summed E-state index contributed by atoms with van der Waals surface area (Å²) in [4.78, 5) is 22.5. The van der Waals surface area contributed by atoms with Gasteiger partial charge in [0.1, 0.15) is 0 Å². The highest BCUT2D eigenvalue weighted by Crippen LogP contribution is 2.20. The molecule has 0 aliphatic heterocycles. The van der Waals surface area contributed by atoms with Crippen molar-refractivity contribution in [3.05, 3.63) is 63.7 Å². The predicted molar refractivity (Wildman–Crippen MR) is 88.5 cm³/mol. The van der Waals surface area contributed by atoms with E-state index in [0.717, 1.165) is 0 Å². The maximum Gasteiger partial charge on any atom is 0.271 e. The highest BCUT2D eigenvalue weighted by molar-refractivity contribution is 7.89. The van der Waals surface area contributed by atoms with Gasteiger partial charge < -0.3 is 5.32 Å². The van der Waals surface area contributed by atoms with Crippen molar-refractivity contribution < 1.29 is 18.1 Å². The second kappa shape index (κ2) is 6.77. The number of hydrogen-bond acceptors (Lipinski definition) is 5. The number of carbonyl (C=O) groups is 1. The number of amides is 1. The van der Waals surface area contributed by atoms with Crippen LogP contribution in [0.15, 0.2) is 47.4 Å². The normalized spacial score (nSPS) is 11.1. The minimum absolute atomic E-state index is 0.0419. The molecule has 2 N–H and O–H groups in total. The van der Waals surface area contributed by atoms with Crippen LogP contribution in [0.25, 0.3) is 0 Å². The van der Waals surface area contributed by atoms with Gasteiger partial charge in [-0.25, -0.2) is 13.1 Å². The fraction of sp³-hybridized carbons (Fsp3) is 0.133. The van der Waals surface area contributed by atoms with E-state index in [-0.39, 0.29) is 21.8 Å². The van der Waals surface area contributed by atoms with Gasteiger partial charge in [0, 0.05) is 23.4 Å². The average molecular weight is 349 g/mol. The molecule has 0 aliphatic carbocycles. The number of nitrogens with zero attached hydrogens (tertiary/aromatic N) is 1. The number of anilines is 1. The highest BCUT2D eigenvalue weighted by atomic mass is 32.2. The zero-order valence-corrected chi connectivity index (χ0v) is 13.8. The summed E-state index contributed by atoms with van der Waals surface area (Å²) in [6.45, 7) is 1.66.